The molecule has 0 unspecified atom stereocenters. The van der Waals surface area contributed by atoms with Crippen molar-refractivity contribution in [1.82, 2.24) is 9.97 Å². The van der Waals surface area contributed by atoms with Gasteiger partial charge in [0.25, 0.3) is 0 Å². The molecule has 0 spiro atoms. The molecule has 0 aliphatic heterocycles. The average molecular weight is 350 g/mol. The molecule has 4 nitrogen and oxygen atoms in total. The molecule has 3 aromatic rings. The molecular formula is C14H10BrClN4. The van der Waals surface area contributed by atoms with Gasteiger partial charge in [0.1, 0.15) is 12.1 Å². The van der Waals surface area contributed by atoms with Crippen molar-refractivity contribution in [3.8, 4) is 0 Å². The lowest BCUT2D eigenvalue weighted by Gasteiger charge is -2.11. The predicted molar refractivity (Wildman–Crippen MR) is 86.4 cm³/mol. The number of hydrogen-bond acceptors (Lipinski definition) is 4. The van der Waals surface area contributed by atoms with Crippen molar-refractivity contribution in [1.29, 1.82) is 0 Å². The van der Waals surface area contributed by atoms with Gasteiger partial charge >= 0.3 is 0 Å². The summed E-state index contributed by atoms with van der Waals surface area (Å²) < 4.78 is 0.789. The second-order valence-corrected chi connectivity index (χ2v) is 5.43. The van der Waals surface area contributed by atoms with E-state index in [2.05, 4.69) is 31.2 Å². The summed E-state index contributed by atoms with van der Waals surface area (Å²) in [6.07, 6.45) is 1.51. The lowest BCUT2D eigenvalue weighted by molar-refractivity contribution is 1.22. The lowest BCUT2D eigenvalue weighted by atomic mass is 10.2. The summed E-state index contributed by atoms with van der Waals surface area (Å²) in [5.41, 5.74) is 8.16. The molecule has 20 heavy (non-hydrogen) atoms. The van der Waals surface area contributed by atoms with E-state index in [1.807, 2.05) is 36.4 Å². The van der Waals surface area contributed by atoms with Crippen molar-refractivity contribution in [3.05, 3.63) is 52.2 Å². The van der Waals surface area contributed by atoms with Crippen LogP contribution >= 0.6 is 27.5 Å². The number of nitrogen functional groups attached to an aromatic ring is 1. The van der Waals surface area contributed by atoms with E-state index >= 15 is 0 Å². The fourth-order valence-electron chi connectivity index (χ4n) is 1.90. The summed E-state index contributed by atoms with van der Waals surface area (Å²) in [5.74, 6) is 0.685. The second kappa shape index (κ2) is 5.26. The van der Waals surface area contributed by atoms with Crippen LogP contribution in [-0.4, -0.2) is 9.97 Å². The van der Waals surface area contributed by atoms with Crippen molar-refractivity contribution in [2.75, 3.05) is 11.1 Å². The Morgan fingerprint density at radius 2 is 2.00 bits per heavy atom. The third kappa shape index (κ3) is 2.42. The molecule has 6 heteroatoms. The maximum atomic E-state index is 6.08. The minimum absolute atomic E-state index is 0.632. The van der Waals surface area contributed by atoms with Gasteiger partial charge in [-0.05, 0) is 46.3 Å². The fourth-order valence-corrected chi connectivity index (χ4v) is 2.44. The molecule has 0 aliphatic rings. The molecule has 0 saturated carbocycles. The standard InChI is InChI=1S/C14H10BrClN4/c15-13-10(16)2-1-3-12(13)20-14-9-6-8(17)4-5-11(9)18-7-19-14/h1-7H,17H2,(H,18,19,20). The van der Waals surface area contributed by atoms with Gasteiger partial charge in [-0.3, -0.25) is 0 Å². The number of halogens is 2. The Labute approximate surface area is 129 Å². The molecule has 1 heterocycles. The predicted octanol–water partition coefficient (Wildman–Crippen LogP) is 4.37. The molecule has 0 fully saturated rings. The molecule has 0 amide bonds. The highest BCUT2D eigenvalue weighted by Crippen LogP contribution is 2.33. The van der Waals surface area contributed by atoms with Crippen LogP contribution in [0.2, 0.25) is 5.02 Å². The highest BCUT2D eigenvalue weighted by Gasteiger charge is 2.08. The van der Waals surface area contributed by atoms with Gasteiger partial charge in [-0.15, -0.1) is 0 Å². The smallest absolute Gasteiger partial charge is 0.141 e. The van der Waals surface area contributed by atoms with E-state index in [9.17, 15) is 0 Å². The summed E-state index contributed by atoms with van der Waals surface area (Å²) in [6, 6.07) is 11.1. The van der Waals surface area contributed by atoms with Crippen LogP contribution < -0.4 is 11.1 Å². The molecule has 2 aromatic carbocycles. The van der Waals surface area contributed by atoms with Crippen LogP contribution in [0, 0.1) is 0 Å². The number of anilines is 3. The molecule has 3 rings (SSSR count). The minimum atomic E-state index is 0.632. The van der Waals surface area contributed by atoms with Crippen molar-refractivity contribution < 1.29 is 0 Å². The average Bonchev–Trinajstić information content (AvgIpc) is 2.44. The first-order valence-electron chi connectivity index (χ1n) is 5.86. The van der Waals surface area contributed by atoms with E-state index in [1.165, 1.54) is 6.33 Å². The summed E-state index contributed by atoms with van der Waals surface area (Å²) in [5, 5.41) is 4.74. The van der Waals surface area contributed by atoms with Crippen LogP contribution in [0.3, 0.4) is 0 Å². The van der Waals surface area contributed by atoms with Crippen LogP contribution in [0.1, 0.15) is 0 Å². The first-order valence-corrected chi connectivity index (χ1v) is 7.03. The van der Waals surface area contributed by atoms with E-state index in [-0.39, 0.29) is 0 Å². The largest absolute Gasteiger partial charge is 0.399 e. The van der Waals surface area contributed by atoms with Crippen LogP contribution in [-0.2, 0) is 0 Å². The summed E-state index contributed by atoms with van der Waals surface area (Å²) in [6.45, 7) is 0. The number of nitrogens with zero attached hydrogens (tertiary/aromatic N) is 2. The van der Waals surface area contributed by atoms with E-state index in [0.717, 1.165) is 21.1 Å². The van der Waals surface area contributed by atoms with Gasteiger partial charge in [-0.1, -0.05) is 17.7 Å². The molecule has 0 radical (unpaired) electrons. The summed E-state index contributed by atoms with van der Waals surface area (Å²) in [4.78, 5) is 8.49. The fraction of sp³-hybridized carbons (Fsp3) is 0. The number of aromatic nitrogens is 2. The van der Waals surface area contributed by atoms with E-state index in [1.54, 1.807) is 0 Å². The van der Waals surface area contributed by atoms with Gasteiger partial charge in [0.2, 0.25) is 0 Å². The monoisotopic (exact) mass is 348 g/mol. The zero-order valence-corrected chi connectivity index (χ0v) is 12.6. The Hall–Kier alpha value is -1.85. The maximum absolute atomic E-state index is 6.08. The zero-order valence-electron chi connectivity index (χ0n) is 10.3. The van der Waals surface area contributed by atoms with Crippen LogP contribution in [0.25, 0.3) is 10.9 Å². The van der Waals surface area contributed by atoms with Crippen LogP contribution in [0.5, 0.6) is 0 Å². The van der Waals surface area contributed by atoms with Gasteiger partial charge in [0, 0.05) is 11.1 Å². The van der Waals surface area contributed by atoms with Gasteiger partial charge in [-0.2, -0.15) is 0 Å². The summed E-state index contributed by atoms with van der Waals surface area (Å²) in [7, 11) is 0. The molecule has 3 N–H and O–H groups in total. The van der Waals surface area contributed by atoms with Crippen molar-refractivity contribution in [2.24, 2.45) is 0 Å². The number of fused-ring (bicyclic) bond motifs is 1. The summed E-state index contributed by atoms with van der Waals surface area (Å²) >= 11 is 9.54. The number of benzene rings is 2. The second-order valence-electron chi connectivity index (χ2n) is 4.23. The van der Waals surface area contributed by atoms with E-state index in [4.69, 9.17) is 17.3 Å². The molecule has 100 valence electrons. The molecule has 0 aliphatic carbocycles. The Balaban J connectivity index is 2.11. The van der Waals surface area contributed by atoms with E-state index < -0.39 is 0 Å². The Morgan fingerprint density at radius 3 is 2.85 bits per heavy atom. The Kier molecular flexibility index (Phi) is 3.46. The number of nitrogens with two attached hydrogens (primary N) is 1. The first kappa shape index (κ1) is 13.1. The van der Waals surface area contributed by atoms with Gasteiger partial charge in [-0.25, -0.2) is 9.97 Å². The zero-order chi connectivity index (χ0) is 14.1. The molecular weight excluding hydrogens is 340 g/mol. The number of rotatable bonds is 2. The Bertz CT molecular complexity index is 791. The molecule has 0 saturated heterocycles. The maximum Gasteiger partial charge on any atom is 0.141 e. The lowest BCUT2D eigenvalue weighted by Crippen LogP contribution is -1.97. The SMILES string of the molecule is Nc1ccc2ncnc(Nc3cccc(Cl)c3Br)c2c1. The minimum Gasteiger partial charge on any atom is -0.399 e. The topological polar surface area (TPSA) is 63.8 Å². The highest BCUT2D eigenvalue weighted by molar-refractivity contribution is 9.10. The van der Waals surface area contributed by atoms with Crippen LogP contribution in [0.4, 0.5) is 17.2 Å². The van der Waals surface area contributed by atoms with Gasteiger partial charge < -0.3 is 11.1 Å². The number of hydrogen-bond donors (Lipinski definition) is 2. The van der Waals surface area contributed by atoms with Crippen LogP contribution in [0.15, 0.2) is 47.2 Å². The van der Waals surface area contributed by atoms with E-state index in [0.29, 0.717) is 16.5 Å². The Morgan fingerprint density at radius 1 is 1.15 bits per heavy atom. The molecule has 1 aromatic heterocycles. The molecule has 0 bridgehead atoms. The van der Waals surface area contributed by atoms with Crippen molar-refractivity contribution >= 4 is 55.6 Å². The molecule has 0 atom stereocenters. The first-order chi connectivity index (χ1) is 9.65. The quantitative estimate of drug-likeness (QED) is 0.674. The number of nitrogens with one attached hydrogen (secondary N) is 1. The highest BCUT2D eigenvalue weighted by atomic mass is 79.9. The van der Waals surface area contributed by atoms with Crippen molar-refractivity contribution in [3.63, 3.8) is 0 Å². The van der Waals surface area contributed by atoms with Crippen molar-refractivity contribution in [2.45, 2.75) is 0 Å². The third-order valence-electron chi connectivity index (χ3n) is 2.86. The normalized spacial score (nSPS) is 10.7. The van der Waals surface area contributed by atoms with Gasteiger partial charge in [0.15, 0.2) is 0 Å². The third-order valence-corrected chi connectivity index (χ3v) is 4.26. The van der Waals surface area contributed by atoms with Gasteiger partial charge in [0.05, 0.1) is 20.7 Å².